The van der Waals surface area contributed by atoms with Crippen molar-refractivity contribution < 1.29 is 4.74 Å². The highest BCUT2D eigenvalue weighted by Gasteiger charge is 2.19. The summed E-state index contributed by atoms with van der Waals surface area (Å²) in [5, 5.41) is 6.53. The van der Waals surface area contributed by atoms with Gasteiger partial charge in [-0.15, -0.1) is 11.3 Å². The van der Waals surface area contributed by atoms with Gasteiger partial charge in [-0.25, -0.2) is 4.98 Å². The predicted molar refractivity (Wildman–Crippen MR) is 61.9 cm³/mol. The topological polar surface area (TPSA) is 34.1 Å². The molecule has 1 aromatic heterocycles. The van der Waals surface area contributed by atoms with Gasteiger partial charge in [-0.1, -0.05) is 0 Å². The normalized spacial score (nSPS) is 18.1. The van der Waals surface area contributed by atoms with E-state index in [9.17, 15) is 0 Å². The van der Waals surface area contributed by atoms with Crippen molar-refractivity contribution in [1.29, 1.82) is 0 Å². The average molecular weight is 224 g/mol. The van der Waals surface area contributed by atoms with Crippen LogP contribution in [0.3, 0.4) is 0 Å². The van der Waals surface area contributed by atoms with Gasteiger partial charge in [0.05, 0.1) is 29.6 Å². The van der Waals surface area contributed by atoms with Crippen LogP contribution in [0.4, 0.5) is 0 Å². The maximum Gasteiger partial charge on any atom is 0.0898 e. The van der Waals surface area contributed by atoms with E-state index in [1.54, 1.807) is 11.3 Å². The number of thiazole rings is 1. The highest BCUT2D eigenvalue weighted by atomic mass is 32.1. The molecule has 1 unspecified atom stereocenters. The highest BCUT2D eigenvalue weighted by Crippen LogP contribution is 2.27. The fraction of sp³-hybridized carbons (Fsp3) is 0.545. The molecule has 2 heterocycles. The monoisotopic (exact) mass is 224 g/mol. The predicted octanol–water partition coefficient (Wildman–Crippen LogP) is 2.41. The molecule has 0 spiro atoms. The Balaban J connectivity index is 2.19. The van der Waals surface area contributed by atoms with Gasteiger partial charge >= 0.3 is 0 Å². The first kappa shape index (κ1) is 10.6. The van der Waals surface area contributed by atoms with E-state index in [1.807, 2.05) is 20.2 Å². The maximum atomic E-state index is 5.37. The third kappa shape index (κ3) is 2.38. The van der Waals surface area contributed by atoms with E-state index >= 15 is 0 Å². The van der Waals surface area contributed by atoms with Gasteiger partial charge in [0.2, 0.25) is 0 Å². The molecule has 0 aromatic carbocycles. The Hall–Kier alpha value is -0.870. The van der Waals surface area contributed by atoms with Crippen LogP contribution in [0.15, 0.2) is 17.2 Å². The Bertz CT molecular complexity index is 359. The minimum atomic E-state index is 0.218. The lowest BCUT2D eigenvalue weighted by Crippen LogP contribution is -2.21. The van der Waals surface area contributed by atoms with E-state index < -0.39 is 0 Å². The summed E-state index contributed by atoms with van der Waals surface area (Å²) in [6.07, 6.45) is 4.09. The van der Waals surface area contributed by atoms with Gasteiger partial charge in [-0.2, -0.15) is 0 Å². The average Bonchev–Trinajstić information content (AvgIpc) is 2.68. The summed E-state index contributed by atoms with van der Waals surface area (Å²) in [5.41, 5.74) is 2.41. The van der Waals surface area contributed by atoms with Gasteiger partial charge < -0.3 is 10.1 Å². The van der Waals surface area contributed by atoms with E-state index in [4.69, 9.17) is 4.74 Å². The number of hydrogen-bond acceptors (Lipinski definition) is 4. The molecule has 0 saturated carbocycles. The molecule has 0 amide bonds. The van der Waals surface area contributed by atoms with Crippen LogP contribution >= 0.6 is 11.3 Å². The van der Waals surface area contributed by atoms with Crippen LogP contribution in [0, 0.1) is 6.92 Å². The van der Waals surface area contributed by atoms with Crippen molar-refractivity contribution in [3.8, 4) is 0 Å². The van der Waals surface area contributed by atoms with Crippen LogP contribution in [0.1, 0.15) is 29.6 Å². The number of aromatic nitrogens is 1. The van der Waals surface area contributed by atoms with Crippen molar-refractivity contribution in [3.05, 3.63) is 27.9 Å². The summed E-state index contributed by atoms with van der Waals surface area (Å²) >= 11 is 1.69. The lowest BCUT2D eigenvalue weighted by Gasteiger charge is -2.21. The molecular formula is C11H16N2OS. The molecule has 1 aromatic rings. The number of likely N-dealkylation sites (N-methyl/N-ethyl adjacent to an activating group) is 1. The van der Waals surface area contributed by atoms with Crippen molar-refractivity contribution >= 4 is 11.3 Å². The van der Waals surface area contributed by atoms with Gasteiger partial charge in [-0.05, 0) is 32.4 Å². The summed E-state index contributed by atoms with van der Waals surface area (Å²) in [6.45, 7) is 2.88. The van der Waals surface area contributed by atoms with E-state index in [1.165, 1.54) is 5.57 Å². The third-order valence-electron chi connectivity index (χ3n) is 2.55. The Morgan fingerprint density at radius 1 is 1.60 bits per heavy atom. The summed E-state index contributed by atoms with van der Waals surface area (Å²) in [6, 6.07) is 0.218. The molecule has 1 N–H and O–H groups in total. The van der Waals surface area contributed by atoms with Gasteiger partial charge in [0.1, 0.15) is 0 Å². The lowest BCUT2D eigenvalue weighted by atomic mass is 10.0. The lowest BCUT2D eigenvalue weighted by molar-refractivity contribution is 0.219. The largest absolute Gasteiger partial charge is 0.501 e. The van der Waals surface area contributed by atoms with Crippen LogP contribution < -0.4 is 5.32 Å². The Morgan fingerprint density at radius 2 is 2.47 bits per heavy atom. The second-order valence-electron chi connectivity index (χ2n) is 3.68. The number of rotatable bonds is 3. The van der Waals surface area contributed by atoms with Crippen LogP contribution in [0.5, 0.6) is 0 Å². The molecular weight excluding hydrogens is 208 g/mol. The van der Waals surface area contributed by atoms with Gasteiger partial charge in [0.15, 0.2) is 0 Å². The van der Waals surface area contributed by atoms with Crippen molar-refractivity contribution in [3.63, 3.8) is 0 Å². The first-order valence-corrected chi connectivity index (χ1v) is 6.09. The summed E-state index contributed by atoms with van der Waals surface area (Å²) in [5.74, 6) is 0. The quantitative estimate of drug-likeness (QED) is 0.856. The zero-order valence-electron chi connectivity index (χ0n) is 9.12. The summed E-state index contributed by atoms with van der Waals surface area (Å²) < 4.78 is 5.37. The zero-order valence-corrected chi connectivity index (χ0v) is 9.93. The standard InChI is InChI=1S/C11H16N2OS/c1-8-13-10(7-15-8)11(12-2)9-4-3-5-14-6-9/h6-7,11-12H,3-5H2,1-2H3. The minimum Gasteiger partial charge on any atom is -0.501 e. The smallest absolute Gasteiger partial charge is 0.0898 e. The molecule has 0 saturated heterocycles. The molecule has 1 atom stereocenters. The molecule has 0 aliphatic carbocycles. The van der Waals surface area contributed by atoms with Crippen molar-refractivity contribution in [2.24, 2.45) is 0 Å². The number of nitrogens with zero attached hydrogens (tertiary/aromatic N) is 1. The zero-order chi connectivity index (χ0) is 10.7. The van der Waals surface area contributed by atoms with Crippen molar-refractivity contribution in [2.75, 3.05) is 13.7 Å². The van der Waals surface area contributed by atoms with Crippen LogP contribution in [0.25, 0.3) is 0 Å². The second kappa shape index (κ2) is 4.77. The Kier molecular flexibility index (Phi) is 3.38. The Labute approximate surface area is 94.2 Å². The minimum absolute atomic E-state index is 0.218. The van der Waals surface area contributed by atoms with E-state index in [0.717, 1.165) is 30.2 Å². The van der Waals surface area contributed by atoms with E-state index in [-0.39, 0.29) is 6.04 Å². The van der Waals surface area contributed by atoms with Crippen LogP contribution in [-0.2, 0) is 4.74 Å². The molecule has 15 heavy (non-hydrogen) atoms. The van der Waals surface area contributed by atoms with E-state index in [2.05, 4.69) is 15.7 Å². The summed E-state index contributed by atoms with van der Waals surface area (Å²) in [4.78, 5) is 4.52. The molecule has 0 fully saturated rings. The van der Waals surface area contributed by atoms with Crippen molar-refractivity contribution in [1.82, 2.24) is 10.3 Å². The first-order valence-electron chi connectivity index (χ1n) is 5.21. The second-order valence-corrected chi connectivity index (χ2v) is 4.74. The van der Waals surface area contributed by atoms with E-state index in [0.29, 0.717) is 0 Å². The van der Waals surface area contributed by atoms with Gasteiger partial charge in [0.25, 0.3) is 0 Å². The fourth-order valence-electron chi connectivity index (χ4n) is 1.83. The molecule has 0 radical (unpaired) electrons. The first-order chi connectivity index (χ1) is 7.31. The highest BCUT2D eigenvalue weighted by molar-refractivity contribution is 7.09. The molecule has 2 rings (SSSR count). The summed E-state index contributed by atoms with van der Waals surface area (Å²) in [7, 11) is 1.97. The number of aryl methyl sites for hydroxylation is 1. The van der Waals surface area contributed by atoms with Crippen LogP contribution in [-0.4, -0.2) is 18.6 Å². The maximum absolute atomic E-state index is 5.37. The molecule has 82 valence electrons. The molecule has 3 nitrogen and oxygen atoms in total. The molecule has 1 aliphatic rings. The van der Waals surface area contributed by atoms with Crippen molar-refractivity contribution in [2.45, 2.75) is 25.8 Å². The van der Waals surface area contributed by atoms with Crippen LogP contribution in [0.2, 0.25) is 0 Å². The Morgan fingerprint density at radius 3 is 3.00 bits per heavy atom. The van der Waals surface area contributed by atoms with Gasteiger partial charge in [0, 0.05) is 5.38 Å². The molecule has 0 bridgehead atoms. The van der Waals surface area contributed by atoms with Gasteiger partial charge in [-0.3, -0.25) is 0 Å². The SMILES string of the molecule is CNC(C1=COCCC1)c1csc(C)n1. The fourth-order valence-corrected chi connectivity index (χ4v) is 2.47. The number of hydrogen-bond donors (Lipinski definition) is 1. The number of ether oxygens (including phenoxy) is 1. The third-order valence-corrected chi connectivity index (χ3v) is 3.35. The number of nitrogens with one attached hydrogen (secondary N) is 1. The molecule has 4 heteroatoms. The molecule has 1 aliphatic heterocycles.